The number of hydrogen-bond acceptors (Lipinski definition) is 7. The molecule has 8 heteroatoms. The molecule has 0 bridgehead atoms. The highest BCUT2D eigenvalue weighted by molar-refractivity contribution is 5.70. The minimum absolute atomic E-state index is 0.0224. The molecule has 0 aromatic rings. The standard InChI is InChI=1S/C52H97NO7/c1-6-8-10-12-14-16-18-20-21-22-23-24-25-26-27-28-29-31-32-34-36-38-40-42-50(54)59-47-48(46-58-45-44-49(52(56)57)53(3,4)5)60-51(55)43-41-39-37-35-33-30-19-17-15-13-11-9-7-2/h30,33,37,39,48-49H,6-29,31-32,34-36,38,40-47H2,1-5H3/b33-30+,39-37+. The summed E-state index contributed by atoms with van der Waals surface area (Å²) in [5.74, 6) is -1.80. The van der Waals surface area contributed by atoms with Gasteiger partial charge in [-0.05, 0) is 32.1 Å². The SMILES string of the molecule is CCCCCCCC/C=C/C/C=C/CCC(=O)OC(COCCC(C(=O)[O-])[N+](C)(C)C)COC(=O)CCCCCCCCCCCCCCCCCCCCCCCCC. The fourth-order valence-electron chi connectivity index (χ4n) is 7.66. The first-order valence-corrected chi connectivity index (χ1v) is 25.4. The van der Waals surface area contributed by atoms with E-state index >= 15 is 0 Å². The Hall–Kier alpha value is -2.19. The normalized spacial score (nSPS) is 13.0. The molecule has 0 aromatic heterocycles. The van der Waals surface area contributed by atoms with Gasteiger partial charge < -0.3 is 28.6 Å². The van der Waals surface area contributed by atoms with Crippen LogP contribution in [0.1, 0.15) is 239 Å². The van der Waals surface area contributed by atoms with Crippen LogP contribution >= 0.6 is 0 Å². The summed E-state index contributed by atoms with van der Waals surface area (Å²) in [5, 5.41) is 11.6. The molecule has 2 unspecified atom stereocenters. The summed E-state index contributed by atoms with van der Waals surface area (Å²) in [6, 6.07) is -0.732. The third kappa shape index (κ3) is 41.2. The van der Waals surface area contributed by atoms with Crippen molar-refractivity contribution >= 4 is 17.9 Å². The van der Waals surface area contributed by atoms with Gasteiger partial charge in [-0.3, -0.25) is 9.59 Å². The molecule has 60 heavy (non-hydrogen) atoms. The Morgan fingerprint density at radius 1 is 0.500 bits per heavy atom. The van der Waals surface area contributed by atoms with E-state index in [2.05, 4.69) is 32.1 Å². The van der Waals surface area contributed by atoms with Crippen LogP contribution in [0.5, 0.6) is 0 Å². The highest BCUT2D eigenvalue weighted by Crippen LogP contribution is 2.16. The Balaban J connectivity index is 4.18. The molecule has 0 aromatic carbocycles. The smallest absolute Gasteiger partial charge is 0.306 e. The van der Waals surface area contributed by atoms with Crippen LogP contribution in [0.4, 0.5) is 0 Å². The zero-order valence-corrected chi connectivity index (χ0v) is 40.1. The number of carboxylic acid groups (broad SMARTS) is 1. The molecule has 0 heterocycles. The first kappa shape index (κ1) is 57.8. The zero-order valence-electron chi connectivity index (χ0n) is 40.1. The topological polar surface area (TPSA) is 102 Å². The lowest BCUT2D eigenvalue weighted by Gasteiger charge is -2.34. The Morgan fingerprint density at radius 2 is 0.917 bits per heavy atom. The van der Waals surface area contributed by atoms with E-state index in [4.69, 9.17) is 14.2 Å². The predicted octanol–water partition coefficient (Wildman–Crippen LogP) is 13.1. The maximum Gasteiger partial charge on any atom is 0.306 e. The van der Waals surface area contributed by atoms with Crippen molar-refractivity contribution in [2.45, 2.75) is 251 Å². The summed E-state index contributed by atoms with van der Waals surface area (Å²) in [6.07, 6.45) is 49.5. The van der Waals surface area contributed by atoms with E-state index in [1.807, 2.05) is 6.08 Å². The highest BCUT2D eigenvalue weighted by atomic mass is 16.6. The molecule has 8 nitrogen and oxygen atoms in total. The van der Waals surface area contributed by atoms with Gasteiger partial charge in [0.25, 0.3) is 0 Å². The molecular formula is C52H97NO7. The summed E-state index contributed by atoms with van der Waals surface area (Å²) in [4.78, 5) is 36.9. The quantitative estimate of drug-likeness (QED) is 0.0260. The fourth-order valence-corrected chi connectivity index (χ4v) is 7.66. The van der Waals surface area contributed by atoms with Crippen molar-refractivity contribution in [3.8, 4) is 0 Å². The highest BCUT2D eigenvalue weighted by Gasteiger charge is 2.25. The van der Waals surface area contributed by atoms with Gasteiger partial charge in [-0.2, -0.15) is 0 Å². The predicted molar refractivity (Wildman–Crippen MR) is 250 cm³/mol. The number of allylic oxidation sites excluding steroid dienone is 4. The Morgan fingerprint density at radius 3 is 1.35 bits per heavy atom. The van der Waals surface area contributed by atoms with Gasteiger partial charge in [0.1, 0.15) is 12.6 Å². The summed E-state index contributed by atoms with van der Waals surface area (Å²) in [5.41, 5.74) is 0. The van der Waals surface area contributed by atoms with Crippen molar-refractivity contribution in [3.63, 3.8) is 0 Å². The van der Waals surface area contributed by atoms with Crippen molar-refractivity contribution < 1.29 is 38.2 Å². The third-order valence-electron chi connectivity index (χ3n) is 11.6. The van der Waals surface area contributed by atoms with Crippen LogP contribution in [-0.2, 0) is 28.6 Å². The number of unbranched alkanes of at least 4 members (excludes halogenated alkanes) is 28. The number of esters is 2. The molecule has 0 amide bonds. The van der Waals surface area contributed by atoms with Crippen molar-refractivity contribution in [2.75, 3.05) is 41.0 Å². The van der Waals surface area contributed by atoms with E-state index < -0.39 is 18.1 Å². The second-order valence-corrected chi connectivity index (χ2v) is 18.4. The molecule has 0 N–H and O–H groups in total. The number of carboxylic acids is 1. The number of quaternary nitrogens is 1. The fraction of sp³-hybridized carbons (Fsp3) is 0.865. The maximum absolute atomic E-state index is 12.7. The number of rotatable bonds is 46. The molecule has 2 atom stereocenters. The summed E-state index contributed by atoms with van der Waals surface area (Å²) < 4.78 is 17.1. The molecule has 0 saturated heterocycles. The van der Waals surface area contributed by atoms with E-state index in [1.165, 1.54) is 167 Å². The van der Waals surface area contributed by atoms with Crippen LogP contribution in [0.3, 0.4) is 0 Å². The van der Waals surface area contributed by atoms with Crippen LogP contribution in [0, 0.1) is 0 Å². The van der Waals surface area contributed by atoms with Crippen molar-refractivity contribution in [3.05, 3.63) is 24.3 Å². The van der Waals surface area contributed by atoms with Gasteiger partial charge in [0.05, 0.1) is 40.3 Å². The first-order chi connectivity index (χ1) is 29.1. The zero-order chi connectivity index (χ0) is 44.2. The number of carbonyl (C=O) groups is 3. The number of likely N-dealkylation sites (N-methyl/N-ethyl adjacent to an activating group) is 1. The number of nitrogens with zero attached hydrogens (tertiary/aromatic N) is 1. The van der Waals surface area contributed by atoms with Gasteiger partial charge in [0.15, 0.2) is 6.10 Å². The van der Waals surface area contributed by atoms with Crippen molar-refractivity contribution in [2.24, 2.45) is 0 Å². The average molecular weight is 848 g/mol. The lowest BCUT2D eigenvalue weighted by Crippen LogP contribution is -2.55. The minimum Gasteiger partial charge on any atom is -0.544 e. The van der Waals surface area contributed by atoms with E-state index in [1.54, 1.807) is 21.1 Å². The second-order valence-electron chi connectivity index (χ2n) is 18.4. The van der Waals surface area contributed by atoms with E-state index in [0.29, 0.717) is 12.8 Å². The van der Waals surface area contributed by atoms with Gasteiger partial charge in [-0.15, -0.1) is 0 Å². The third-order valence-corrected chi connectivity index (χ3v) is 11.6. The van der Waals surface area contributed by atoms with Crippen LogP contribution in [0.25, 0.3) is 0 Å². The molecule has 0 aliphatic heterocycles. The van der Waals surface area contributed by atoms with E-state index in [-0.39, 0.29) is 49.1 Å². The molecule has 0 aliphatic carbocycles. The summed E-state index contributed by atoms with van der Waals surface area (Å²) in [6.45, 7) is 4.63. The van der Waals surface area contributed by atoms with Gasteiger partial charge in [-0.25, -0.2) is 0 Å². The van der Waals surface area contributed by atoms with Crippen molar-refractivity contribution in [1.29, 1.82) is 0 Å². The van der Waals surface area contributed by atoms with Crippen LogP contribution in [0.2, 0.25) is 0 Å². The lowest BCUT2D eigenvalue weighted by atomic mass is 10.0. The molecule has 0 saturated carbocycles. The van der Waals surface area contributed by atoms with Gasteiger partial charge in [0.2, 0.25) is 0 Å². The van der Waals surface area contributed by atoms with Gasteiger partial charge in [-0.1, -0.05) is 212 Å². The Labute approximate surface area is 371 Å². The van der Waals surface area contributed by atoms with Crippen molar-refractivity contribution in [1.82, 2.24) is 0 Å². The van der Waals surface area contributed by atoms with Gasteiger partial charge >= 0.3 is 11.9 Å². The molecule has 352 valence electrons. The molecule has 0 fully saturated rings. The number of carbonyl (C=O) groups excluding carboxylic acids is 3. The Kier molecular flexibility index (Phi) is 41.9. The van der Waals surface area contributed by atoms with Gasteiger partial charge in [0, 0.05) is 19.3 Å². The largest absolute Gasteiger partial charge is 0.544 e. The molecule has 0 rings (SSSR count). The van der Waals surface area contributed by atoms with E-state index in [0.717, 1.165) is 32.1 Å². The van der Waals surface area contributed by atoms with Crippen LogP contribution < -0.4 is 5.11 Å². The number of aliphatic carboxylic acids is 1. The Bertz CT molecular complexity index is 1040. The number of hydrogen-bond donors (Lipinski definition) is 0. The van der Waals surface area contributed by atoms with Crippen LogP contribution in [0.15, 0.2) is 24.3 Å². The first-order valence-electron chi connectivity index (χ1n) is 25.4. The molecular weight excluding hydrogens is 751 g/mol. The summed E-state index contributed by atoms with van der Waals surface area (Å²) >= 11 is 0. The average Bonchev–Trinajstić information content (AvgIpc) is 3.21. The molecule has 0 radical (unpaired) electrons. The minimum atomic E-state index is -1.13. The summed E-state index contributed by atoms with van der Waals surface area (Å²) in [7, 11) is 5.40. The second kappa shape index (κ2) is 43.5. The molecule has 0 spiro atoms. The van der Waals surface area contributed by atoms with E-state index in [9.17, 15) is 19.5 Å². The monoisotopic (exact) mass is 848 g/mol. The molecule has 0 aliphatic rings. The lowest BCUT2D eigenvalue weighted by molar-refractivity contribution is -0.889. The van der Waals surface area contributed by atoms with Crippen LogP contribution in [-0.4, -0.2) is 75.5 Å². The number of ether oxygens (including phenoxy) is 3. The maximum atomic E-state index is 12.7.